The predicted octanol–water partition coefficient (Wildman–Crippen LogP) is 3.68. The first kappa shape index (κ1) is 12.0. The monoisotopic (exact) mass is 177 g/mol. The predicted molar refractivity (Wildman–Crippen MR) is 56.1 cm³/mol. The van der Waals surface area contributed by atoms with E-state index in [1.165, 1.54) is 11.6 Å². The van der Waals surface area contributed by atoms with Crippen LogP contribution in [0.4, 0.5) is 0 Å². The maximum Gasteiger partial charge on any atom is 0.0996 e. The third-order valence-electron chi connectivity index (χ3n) is 1.65. The maximum absolute atomic E-state index is 8.40. The van der Waals surface area contributed by atoms with Gasteiger partial charge in [-0.05, 0) is 30.3 Å². The summed E-state index contributed by atoms with van der Waals surface area (Å²) in [5.41, 5.74) is 4.33. The third-order valence-corrected chi connectivity index (χ3v) is 1.65. The van der Waals surface area contributed by atoms with Crippen molar-refractivity contribution < 1.29 is 0 Å². The van der Waals surface area contributed by atoms with Crippen molar-refractivity contribution in [2.24, 2.45) is 11.8 Å². The fourth-order valence-corrected chi connectivity index (χ4v) is 1.32. The molecule has 0 N–H and O–H groups in total. The number of rotatable bonds is 4. The molecule has 0 heterocycles. The Kier molecular flexibility index (Phi) is 6.02. The molecule has 0 saturated carbocycles. The van der Waals surface area contributed by atoms with E-state index in [9.17, 15) is 0 Å². The molecule has 1 heteroatoms. The lowest BCUT2D eigenvalue weighted by Gasteiger charge is -2.09. The molecule has 0 amide bonds. The summed E-state index contributed by atoms with van der Waals surface area (Å²) in [6.07, 6.45) is 3.56. The quantitative estimate of drug-likeness (QED) is 0.474. The summed E-state index contributed by atoms with van der Waals surface area (Å²) in [6, 6.07) is 1.99. The number of hydrogen-bond acceptors (Lipinski definition) is 1. The molecule has 0 saturated heterocycles. The molecule has 0 aliphatic carbocycles. The van der Waals surface area contributed by atoms with Gasteiger partial charge in [0.15, 0.2) is 0 Å². The molecule has 0 aliphatic heterocycles. The van der Waals surface area contributed by atoms with E-state index in [4.69, 9.17) is 5.26 Å². The summed E-state index contributed by atoms with van der Waals surface area (Å²) in [4.78, 5) is 0. The Morgan fingerprint density at radius 1 is 1.15 bits per heavy atom. The minimum absolute atomic E-state index is 0.647. The van der Waals surface area contributed by atoms with Crippen molar-refractivity contribution in [3.05, 3.63) is 17.4 Å². The molecule has 0 aromatic carbocycles. The summed E-state index contributed by atoms with van der Waals surface area (Å²) in [6.45, 7) is 8.76. The van der Waals surface area contributed by atoms with Crippen molar-refractivity contribution in [1.29, 1.82) is 5.26 Å². The second-order valence-electron chi connectivity index (χ2n) is 4.22. The van der Waals surface area contributed by atoms with Gasteiger partial charge in [0, 0.05) is 0 Å². The van der Waals surface area contributed by atoms with Gasteiger partial charge < -0.3 is 0 Å². The Bertz CT molecular complexity index is 222. The van der Waals surface area contributed by atoms with E-state index in [0.29, 0.717) is 11.8 Å². The second-order valence-corrected chi connectivity index (χ2v) is 4.22. The van der Waals surface area contributed by atoms with E-state index in [2.05, 4.69) is 33.4 Å². The zero-order valence-corrected chi connectivity index (χ0v) is 9.09. The SMILES string of the molecule is CC(C)CC(=C=CC#N)CC(C)C. The lowest BCUT2D eigenvalue weighted by Crippen LogP contribution is -1.95. The third kappa shape index (κ3) is 7.37. The Morgan fingerprint density at radius 3 is 1.92 bits per heavy atom. The fourth-order valence-electron chi connectivity index (χ4n) is 1.32. The minimum atomic E-state index is 0.647. The molecule has 1 nitrogen and oxygen atoms in total. The van der Waals surface area contributed by atoms with Crippen LogP contribution in [0, 0.1) is 23.2 Å². The Hall–Kier alpha value is -0.990. The van der Waals surface area contributed by atoms with Gasteiger partial charge in [0.05, 0.1) is 12.1 Å². The van der Waals surface area contributed by atoms with Crippen LogP contribution in [-0.2, 0) is 0 Å². The Labute approximate surface area is 81.8 Å². The van der Waals surface area contributed by atoms with Gasteiger partial charge in [-0.1, -0.05) is 27.7 Å². The van der Waals surface area contributed by atoms with Gasteiger partial charge in [0.2, 0.25) is 0 Å². The first-order chi connectivity index (χ1) is 6.06. The maximum atomic E-state index is 8.40. The normalized spacial score (nSPS) is 9.62. The number of nitrogens with zero attached hydrogens (tertiary/aromatic N) is 1. The lowest BCUT2D eigenvalue weighted by molar-refractivity contribution is 0.572. The number of nitriles is 1. The van der Waals surface area contributed by atoms with Crippen LogP contribution in [0.15, 0.2) is 17.4 Å². The molecule has 0 fully saturated rings. The van der Waals surface area contributed by atoms with Crippen LogP contribution < -0.4 is 0 Å². The first-order valence-electron chi connectivity index (χ1n) is 4.88. The van der Waals surface area contributed by atoms with Crippen molar-refractivity contribution in [2.45, 2.75) is 40.5 Å². The highest BCUT2D eigenvalue weighted by Gasteiger charge is 2.03. The lowest BCUT2D eigenvalue weighted by atomic mass is 9.96. The van der Waals surface area contributed by atoms with Crippen LogP contribution in [0.25, 0.3) is 0 Å². The van der Waals surface area contributed by atoms with E-state index in [-0.39, 0.29) is 0 Å². The largest absolute Gasteiger partial charge is 0.192 e. The van der Waals surface area contributed by atoms with E-state index < -0.39 is 0 Å². The average Bonchev–Trinajstić information content (AvgIpc) is 1.98. The molecule has 0 aliphatic rings. The van der Waals surface area contributed by atoms with Crippen molar-refractivity contribution in [3.8, 4) is 6.07 Å². The Balaban J connectivity index is 4.39. The van der Waals surface area contributed by atoms with Gasteiger partial charge in [0.25, 0.3) is 0 Å². The summed E-state index contributed by atoms with van der Waals surface area (Å²) in [5, 5.41) is 8.40. The van der Waals surface area contributed by atoms with E-state index >= 15 is 0 Å². The topological polar surface area (TPSA) is 23.8 Å². The molecular weight excluding hydrogens is 158 g/mol. The summed E-state index contributed by atoms with van der Waals surface area (Å²) < 4.78 is 0. The van der Waals surface area contributed by atoms with Crippen LogP contribution in [0.1, 0.15) is 40.5 Å². The second kappa shape index (κ2) is 6.52. The summed E-state index contributed by atoms with van der Waals surface area (Å²) in [7, 11) is 0. The van der Waals surface area contributed by atoms with E-state index in [1.807, 2.05) is 6.07 Å². The molecule has 0 aromatic heterocycles. The van der Waals surface area contributed by atoms with Crippen molar-refractivity contribution in [1.82, 2.24) is 0 Å². The molecule has 0 radical (unpaired) electrons. The van der Waals surface area contributed by atoms with Crippen molar-refractivity contribution in [3.63, 3.8) is 0 Å². The highest BCUT2D eigenvalue weighted by atomic mass is 14.2. The van der Waals surface area contributed by atoms with Crippen LogP contribution >= 0.6 is 0 Å². The fraction of sp³-hybridized carbons (Fsp3) is 0.667. The van der Waals surface area contributed by atoms with Crippen LogP contribution in [0.5, 0.6) is 0 Å². The smallest absolute Gasteiger partial charge is 0.0996 e. The minimum Gasteiger partial charge on any atom is -0.192 e. The van der Waals surface area contributed by atoms with Gasteiger partial charge in [-0.25, -0.2) is 0 Å². The zero-order chi connectivity index (χ0) is 10.3. The number of allylic oxidation sites excluding steroid dienone is 1. The molecule has 0 bridgehead atoms. The standard InChI is InChI=1S/C12H19N/c1-10(2)8-12(6-5-7-13)9-11(3)4/h5,10-11H,8-9H2,1-4H3. The van der Waals surface area contributed by atoms with Gasteiger partial charge in [-0.3, -0.25) is 0 Å². The van der Waals surface area contributed by atoms with Crippen molar-refractivity contribution in [2.75, 3.05) is 0 Å². The highest BCUT2D eigenvalue weighted by molar-refractivity contribution is 5.09. The van der Waals surface area contributed by atoms with Crippen LogP contribution in [0.2, 0.25) is 0 Å². The van der Waals surface area contributed by atoms with Crippen molar-refractivity contribution >= 4 is 0 Å². The molecule has 0 aromatic rings. The van der Waals surface area contributed by atoms with Crippen LogP contribution in [-0.4, -0.2) is 0 Å². The molecule has 72 valence electrons. The van der Waals surface area contributed by atoms with Gasteiger partial charge in [-0.15, -0.1) is 5.73 Å². The van der Waals surface area contributed by atoms with E-state index in [0.717, 1.165) is 12.8 Å². The molecule has 13 heavy (non-hydrogen) atoms. The summed E-state index contributed by atoms with van der Waals surface area (Å²) in [5.74, 6) is 1.29. The average molecular weight is 177 g/mol. The first-order valence-corrected chi connectivity index (χ1v) is 4.88. The van der Waals surface area contributed by atoms with Gasteiger partial charge >= 0.3 is 0 Å². The molecular formula is C12H19N. The molecule has 0 rings (SSSR count). The van der Waals surface area contributed by atoms with Gasteiger partial charge in [-0.2, -0.15) is 5.26 Å². The van der Waals surface area contributed by atoms with Crippen LogP contribution in [0.3, 0.4) is 0 Å². The molecule has 0 unspecified atom stereocenters. The summed E-state index contributed by atoms with van der Waals surface area (Å²) >= 11 is 0. The molecule has 0 spiro atoms. The van der Waals surface area contributed by atoms with Gasteiger partial charge in [0.1, 0.15) is 0 Å². The Morgan fingerprint density at radius 2 is 1.62 bits per heavy atom. The molecule has 0 atom stereocenters. The number of hydrogen-bond donors (Lipinski definition) is 0. The highest BCUT2D eigenvalue weighted by Crippen LogP contribution is 2.17. The zero-order valence-electron chi connectivity index (χ0n) is 9.09. The van der Waals surface area contributed by atoms with E-state index in [1.54, 1.807) is 0 Å².